The van der Waals surface area contributed by atoms with E-state index >= 15 is 0 Å². The minimum Gasteiger partial charge on any atom is -0.508 e. The Balaban J connectivity index is 2.22. The van der Waals surface area contributed by atoms with Crippen molar-refractivity contribution in [3.63, 3.8) is 0 Å². The van der Waals surface area contributed by atoms with Gasteiger partial charge in [-0.3, -0.25) is 4.79 Å². The molecule has 0 aliphatic heterocycles. The van der Waals surface area contributed by atoms with E-state index in [9.17, 15) is 9.90 Å². The molecule has 1 unspecified atom stereocenters. The highest BCUT2D eigenvalue weighted by Gasteiger charge is 2.07. The van der Waals surface area contributed by atoms with Gasteiger partial charge < -0.3 is 20.8 Å². The fourth-order valence-corrected chi connectivity index (χ4v) is 1.65. The van der Waals surface area contributed by atoms with Crippen molar-refractivity contribution in [2.75, 3.05) is 13.1 Å². The van der Waals surface area contributed by atoms with Crippen molar-refractivity contribution in [3.05, 3.63) is 29.8 Å². The van der Waals surface area contributed by atoms with Crippen molar-refractivity contribution in [1.82, 2.24) is 10.6 Å². The normalized spacial score (nSPS) is 12.4. The number of nitrogens with one attached hydrogen (secondary N) is 2. The van der Waals surface area contributed by atoms with Crippen LogP contribution in [0.1, 0.15) is 31.9 Å². The number of rotatable bonds is 7. The zero-order valence-electron chi connectivity index (χ0n) is 11.4. The van der Waals surface area contributed by atoms with E-state index in [1.165, 1.54) is 12.1 Å². The standard InChI is InChI=1S/C14H22N2O3/c1-10(2)16-14(19)7-8-15-9-13(18)11-3-5-12(17)6-4-11/h3-6,10,13,15,17-18H,7-9H2,1-2H3,(H,16,19). The summed E-state index contributed by atoms with van der Waals surface area (Å²) in [7, 11) is 0. The summed E-state index contributed by atoms with van der Waals surface area (Å²) < 4.78 is 0. The molecule has 0 spiro atoms. The second kappa shape index (κ2) is 7.76. The van der Waals surface area contributed by atoms with E-state index in [1.54, 1.807) is 12.1 Å². The number of aliphatic hydroxyl groups is 1. The minimum atomic E-state index is -0.645. The van der Waals surface area contributed by atoms with Gasteiger partial charge in [0, 0.05) is 25.6 Å². The lowest BCUT2D eigenvalue weighted by Crippen LogP contribution is -2.33. The molecule has 0 heterocycles. The Bertz CT molecular complexity index is 390. The largest absolute Gasteiger partial charge is 0.508 e. The van der Waals surface area contributed by atoms with E-state index in [-0.39, 0.29) is 17.7 Å². The Morgan fingerprint density at radius 3 is 2.47 bits per heavy atom. The maximum absolute atomic E-state index is 11.4. The Kier molecular flexibility index (Phi) is 6.32. The van der Waals surface area contributed by atoms with E-state index in [4.69, 9.17) is 5.11 Å². The van der Waals surface area contributed by atoms with E-state index in [0.29, 0.717) is 19.5 Å². The molecule has 5 heteroatoms. The van der Waals surface area contributed by atoms with Gasteiger partial charge in [0.2, 0.25) is 5.91 Å². The van der Waals surface area contributed by atoms with Crippen LogP contribution in [0.4, 0.5) is 0 Å². The lowest BCUT2D eigenvalue weighted by molar-refractivity contribution is -0.121. The summed E-state index contributed by atoms with van der Waals surface area (Å²) in [5, 5.41) is 24.8. The summed E-state index contributed by atoms with van der Waals surface area (Å²) in [5.74, 6) is 0.177. The molecule has 0 aliphatic carbocycles. The molecule has 4 N–H and O–H groups in total. The first-order valence-electron chi connectivity index (χ1n) is 6.46. The third-order valence-electron chi connectivity index (χ3n) is 2.59. The van der Waals surface area contributed by atoms with Gasteiger partial charge in [-0.1, -0.05) is 12.1 Å². The van der Waals surface area contributed by atoms with Crippen molar-refractivity contribution in [2.45, 2.75) is 32.4 Å². The molecular formula is C14H22N2O3. The molecule has 0 saturated carbocycles. The predicted molar refractivity (Wildman–Crippen MR) is 73.8 cm³/mol. The summed E-state index contributed by atoms with van der Waals surface area (Å²) in [6, 6.07) is 6.57. The number of phenols is 1. The molecule has 1 aromatic carbocycles. The van der Waals surface area contributed by atoms with E-state index in [2.05, 4.69) is 10.6 Å². The first kappa shape index (κ1) is 15.5. The zero-order valence-corrected chi connectivity index (χ0v) is 11.4. The average molecular weight is 266 g/mol. The topological polar surface area (TPSA) is 81.6 Å². The predicted octanol–water partition coefficient (Wildman–Crippen LogP) is 0.930. The van der Waals surface area contributed by atoms with Gasteiger partial charge in [-0.25, -0.2) is 0 Å². The molecule has 0 radical (unpaired) electrons. The second-order valence-corrected chi connectivity index (χ2v) is 4.78. The van der Waals surface area contributed by atoms with Crippen LogP contribution in [-0.2, 0) is 4.79 Å². The van der Waals surface area contributed by atoms with Gasteiger partial charge in [0.25, 0.3) is 0 Å². The van der Waals surface area contributed by atoms with E-state index in [1.807, 2.05) is 13.8 Å². The first-order chi connectivity index (χ1) is 8.99. The number of carbonyl (C=O) groups is 1. The molecule has 0 saturated heterocycles. The molecule has 1 amide bonds. The van der Waals surface area contributed by atoms with Crippen molar-refractivity contribution in [3.8, 4) is 5.75 Å². The van der Waals surface area contributed by atoms with Gasteiger partial charge in [-0.05, 0) is 31.5 Å². The van der Waals surface area contributed by atoms with Crippen molar-refractivity contribution < 1.29 is 15.0 Å². The number of carbonyl (C=O) groups excluding carboxylic acids is 1. The van der Waals surface area contributed by atoms with Crippen LogP contribution in [0.2, 0.25) is 0 Å². The lowest BCUT2D eigenvalue weighted by atomic mass is 10.1. The molecule has 0 aromatic heterocycles. The number of benzene rings is 1. The Labute approximate surface area is 113 Å². The second-order valence-electron chi connectivity index (χ2n) is 4.78. The molecule has 1 atom stereocenters. The number of amides is 1. The summed E-state index contributed by atoms with van der Waals surface area (Å²) in [6.07, 6.45) is -0.255. The van der Waals surface area contributed by atoms with Gasteiger partial charge in [0.15, 0.2) is 0 Å². The minimum absolute atomic E-state index is 0.00150. The number of hydrogen-bond donors (Lipinski definition) is 4. The van der Waals surface area contributed by atoms with Crippen molar-refractivity contribution in [1.29, 1.82) is 0 Å². The Morgan fingerprint density at radius 2 is 1.89 bits per heavy atom. The average Bonchev–Trinajstić information content (AvgIpc) is 2.34. The third-order valence-corrected chi connectivity index (χ3v) is 2.59. The molecule has 0 fully saturated rings. The number of phenolic OH excluding ortho intramolecular Hbond substituents is 1. The smallest absolute Gasteiger partial charge is 0.221 e. The molecule has 1 rings (SSSR count). The van der Waals surface area contributed by atoms with E-state index < -0.39 is 6.10 Å². The molecule has 1 aromatic rings. The van der Waals surface area contributed by atoms with E-state index in [0.717, 1.165) is 5.56 Å². The van der Waals surface area contributed by atoms with Gasteiger partial charge in [-0.15, -0.1) is 0 Å². The molecule has 19 heavy (non-hydrogen) atoms. The highest BCUT2D eigenvalue weighted by atomic mass is 16.3. The molecular weight excluding hydrogens is 244 g/mol. The lowest BCUT2D eigenvalue weighted by Gasteiger charge is -2.13. The SMILES string of the molecule is CC(C)NC(=O)CCNCC(O)c1ccc(O)cc1. The molecule has 0 aliphatic rings. The quantitative estimate of drug-likeness (QED) is 0.553. The molecule has 0 bridgehead atoms. The number of hydrogen-bond acceptors (Lipinski definition) is 4. The maximum Gasteiger partial charge on any atom is 0.221 e. The van der Waals surface area contributed by atoms with Crippen LogP contribution in [0.25, 0.3) is 0 Å². The summed E-state index contributed by atoms with van der Waals surface area (Å²) in [5.41, 5.74) is 0.733. The van der Waals surface area contributed by atoms with Gasteiger partial charge >= 0.3 is 0 Å². The zero-order chi connectivity index (χ0) is 14.3. The summed E-state index contributed by atoms with van der Waals surface area (Å²) >= 11 is 0. The van der Waals surface area contributed by atoms with Crippen LogP contribution in [0, 0.1) is 0 Å². The van der Waals surface area contributed by atoms with Crippen LogP contribution in [-0.4, -0.2) is 35.3 Å². The third kappa shape index (κ3) is 6.22. The van der Waals surface area contributed by atoms with Gasteiger partial charge in [-0.2, -0.15) is 0 Å². The van der Waals surface area contributed by atoms with Crippen LogP contribution in [0.5, 0.6) is 5.75 Å². The maximum atomic E-state index is 11.4. The highest BCUT2D eigenvalue weighted by molar-refractivity contribution is 5.76. The summed E-state index contributed by atoms with van der Waals surface area (Å²) in [6.45, 7) is 4.73. The van der Waals surface area contributed by atoms with Crippen LogP contribution < -0.4 is 10.6 Å². The Hall–Kier alpha value is -1.59. The van der Waals surface area contributed by atoms with Gasteiger partial charge in [0.1, 0.15) is 5.75 Å². The highest BCUT2D eigenvalue weighted by Crippen LogP contribution is 2.15. The van der Waals surface area contributed by atoms with Crippen LogP contribution in [0.15, 0.2) is 24.3 Å². The number of aromatic hydroxyl groups is 1. The fourth-order valence-electron chi connectivity index (χ4n) is 1.65. The van der Waals surface area contributed by atoms with Crippen molar-refractivity contribution in [2.24, 2.45) is 0 Å². The first-order valence-corrected chi connectivity index (χ1v) is 6.46. The molecule has 5 nitrogen and oxygen atoms in total. The van der Waals surface area contributed by atoms with Crippen LogP contribution in [0.3, 0.4) is 0 Å². The fraction of sp³-hybridized carbons (Fsp3) is 0.500. The van der Waals surface area contributed by atoms with Crippen LogP contribution >= 0.6 is 0 Å². The summed E-state index contributed by atoms with van der Waals surface area (Å²) in [4.78, 5) is 11.4. The molecule has 106 valence electrons. The monoisotopic (exact) mass is 266 g/mol. The number of aliphatic hydroxyl groups excluding tert-OH is 1. The Morgan fingerprint density at radius 1 is 1.26 bits per heavy atom. The van der Waals surface area contributed by atoms with Crippen molar-refractivity contribution >= 4 is 5.91 Å². The van der Waals surface area contributed by atoms with Gasteiger partial charge in [0.05, 0.1) is 6.10 Å².